The Kier molecular flexibility index (Phi) is 5.12. The van der Waals surface area contributed by atoms with Crippen LogP contribution in [0.5, 0.6) is 5.75 Å². The fraction of sp³-hybridized carbons (Fsp3) is 0.562. The molecule has 0 spiro atoms. The van der Waals surface area contributed by atoms with Gasteiger partial charge < -0.3 is 14.0 Å². The summed E-state index contributed by atoms with van der Waals surface area (Å²) >= 11 is 6.07. The highest BCUT2D eigenvalue weighted by Crippen LogP contribution is 2.28. The largest absolute Gasteiger partial charge is 0.491 e. The molecule has 2 rings (SSSR count). The Labute approximate surface area is 131 Å². The molecule has 1 heterocycles. The van der Waals surface area contributed by atoms with Crippen molar-refractivity contribution in [2.45, 2.75) is 45.2 Å². The molecule has 1 aromatic carbocycles. The third kappa shape index (κ3) is 3.50. The van der Waals surface area contributed by atoms with Crippen LogP contribution >= 0.6 is 11.6 Å². The SMILES string of the molecule is CCCOc1cccc2c1nc(CCl)n2CC(C)(C)OC. The van der Waals surface area contributed by atoms with Crippen LogP contribution in [0.3, 0.4) is 0 Å². The second-order valence-electron chi connectivity index (χ2n) is 5.68. The van der Waals surface area contributed by atoms with Crippen molar-refractivity contribution in [1.29, 1.82) is 0 Å². The minimum absolute atomic E-state index is 0.283. The van der Waals surface area contributed by atoms with E-state index < -0.39 is 0 Å². The van der Waals surface area contributed by atoms with Crippen molar-refractivity contribution in [2.75, 3.05) is 13.7 Å². The number of para-hydroxylation sites is 1. The maximum Gasteiger partial charge on any atom is 0.147 e. The molecule has 0 bridgehead atoms. The standard InChI is InChI=1S/C16H23ClN2O2/c1-5-9-21-13-8-6-7-12-15(13)18-14(10-17)19(12)11-16(2,3)20-4/h6-8H,5,9-11H2,1-4H3. The fourth-order valence-electron chi connectivity index (χ4n) is 2.22. The first kappa shape index (κ1) is 16.1. The van der Waals surface area contributed by atoms with E-state index in [2.05, 4.69) is 16.5 Å². The normalized spacial score (nSPS) is 12.0. The van der Waals surface area contributed by atoms with Gasteiger partial charge in [-0.3, -0.25) is 0 Å². The third-order valence-corrected chi connectivity index (χ3v) is 3.73. The zero-order valence-electron chi connectivity index (χ0n) is 13.1. The van der Waals surface area contributed by atoms with Crippen molar-refractivity contribution in [3.63, 3.8) is 0 Å². The first-order valence-electron chi connectivity index (χ1n) is 7.24. The van der Waals surface area contributed by atoms with Gasteiger partial charge >= 0.3 is 0 Å². The first-order valence-corrected chi connectivity index (χ1v) is 7.78. The van der Waals surface area contributed by atoms with Gasteiger partial charge in [0.05, 0.1) is 30.1 Å². The lowest BCUT2D eigenvalue weighted by atomic mass is 10.1. The van der Waals surface area contributed by atoms with Crippen molar-refractivity contribution in [1.82, 2.24) is 9.55 Å². The van der Waals surface area contributed by atoms with Crippen LogP contribution in [-0.2, 0) is 17.2 Å². The molecule has 0 aliphatic heterocycles. The van der Waals surface area contributed by atoms with E-state index in [1.165, 1.54) is 0 Å². The Morgan fingerprint density at radius 2 is 2.10 bits per heavy atom. The number of fused-ring (bicyclic) bond motifs is 1. The Hall–Kier alpha value is -1.26. The second-order valence-corrected chi connectivity index (χ2v) is 5.95. The minimum atomic E-state index is -0.283. The van der Waals surface area contributed by atoms with Gasteiger partial charge in [0.25, 0.3) is 0 Å². The van der Waals surface area contributed by atoms with Crippen LogP contribution in [0.4, 0.5) is 0 Å². The van der Waals surface area contributed by atoms with Crippen LogP contribution in [0, 0.1) is 0 Å². The summed E-state index contributed by atoms with van der Waals surface area (Å²) in [6.45, 7) is 7.57. The summed E-state index contributed by atoms with van der Waals surface area (Å²) in [6, 6.07) is 5.99. The molecule has 116 valence electrons. The van der Waals surface area contributed by atoms with Crippen LogP contribution < -0.4 is 4.74 Å². The molecule has 0 fully saturated rings. The lowest BCUT2D eigenvalue weighted by molar-refractivity contribution is 0.00854. The maximum atomic E-state index is 6.07. The molecule has 5 heteroatoms. The monoisotopic (exact) mass is 310 g/mol. The maximum absolute atomic E-state index is 6.07. The molecular formula is C16H23ClN2O2. The number of imidazole rings is 1. The zero-order chi connectivity index (χ0) is 15.5. The number of halogens is 1. The summed E-state index contributed by atoms with van der Waals surface area (Å²) in [6.07, 6.45) is 0.968. The Bertz CT molecular complexity index is 608. The smallest absolute Gasteiger partial charge is 0.147 e. The van der Waals surface area contributed by atoms with Gasteiger partial charge in [0.2, 0.25) is 0 Å². The molecule has 2 aromatic rings. The summed E-state index contributed by atoms with van der Waals surface area (Å²) in [7, 11) is 1.72. The van der Waals surface area contributed by atoms with Crippen molar-refractivity contribution >= 4 is 22.6 Å². The number of ether oxygens (including phenoxy) is 2. The van der Waals surface area contributed by atoms with Crippen LogP contribution in [0.25, 0.3) is 11.0 Å². The number of benzene rings is 1. The topological polar surface area (TPSA) is 36.3 Å². The van der Waals surface area contributed by atoms with Gasteiger partial charge in [-0.25, -0.2) is 4.98 Å². The van der Waals surface area contributed by atoms with Gasteiger partial charge in [-0.05, 0) is 32.4 Å². The zero-order valence-corrected chi connectivity index (χ0v) is 13.9. The van der Waals surface area contributed by atoms with Crippen LogP contribution in [0.15, 0.2) is 18.2 Å². The van der Waals surface area contributed by atoms with Crippen LogP contribution in [-0.4, -0.2) is 28.9 Å². The van der Waals surface area contributed by atoms with Crippen molar-refractivity contribution < 1.29 is 9.47 Å². The van der Waals surface area contributed by atoms with Crippen LogP contribution in [0.2, 0.25) is 0 Å². The Morgan fingerprint density at radius 3 is 2.71 bits per heavy atom. The molecule has 0 saturated heterocycles. The molecule has 0 aliphatic rings. The summed E-state index contributed by atoms with van der Waals surface area (Å²) < 4.78 is 13.4. The average molecular weight is 311 g/mol. The van der Waals surface area contributed by atoms with E-state index in [1.54, 1.807) is 7.11 Å². The first-order chi connectivity index (χ1) is 10.0. The molecule has 21 heavy (non-hydrogen) atoms. The van der Waals surface area contributed by atoms with Gasteiger partial charge in [0, 0.05) is 7.11 Å². The van der Waals surface area contributed by atoms with E-state index in [9.17, 15) is 0 Å². The molecule has 0 amide bonds. The molecule has 0 saturated carbocycles. The Balaban J connectivity index is 2.49. The van der Waals surface area contributed by atoms with E-state index in [1.807, 2.05) is 32.0 Å². The lowest BCUT2D eigenvalue weighted by Gasteiger charge is -2.24. The Morgan fingerprint density at radius 1 is 1.33 bits per heavy atom. The molecule has 0 atom stereocenters. The van der Waals surface area contributed by atoms with E-state index >= 15 is 0 Å². The van der Waals surface area contributed by atoms with Gasteiger partial charge in [0.1, 0.15) is 17.1 Å². The number of alkyl halides is 1. The number of hydrogen-bond donors (Lipinski definition) is 0. The van der Waals surface area contributed by atoms with E-state index in [4.69, 9.17) is 21.1 Å². The van der Waals surface area contributed by atoms with Gasteiger partial charge in [-0.1, -0.05) is 13.0 Å². The predicted molar refractivity (Wildman–Crippen MR) is 86.2 cm³/mol. The van der Waals surface area contributed by atoms with Crippen molar-refractivity contribution in [3.8, 4) is 5.75 Å². The van der Waals surface area contributed by atoms with Gasteiger partial charge in [-0.15, -0.1) is 11.6 Å². The molecule has 0 radical (unpaired) electrons. The second kappa shape index (κ2) is 6.67. The summed E-state index contributed by atoms with van der Waals surface area (Å²) in [5.41, 5.74) is 1.62. The summed E-state index contributed by atoms with van der Waals surface area (Å²) in [4.78, 5) is 4.65. The van der Waals surface area contributed by atoms with E-state index in [0.29, 0.717) is 19.0 Å². The number of methoxy groups -OCH3 is 1. The minimum Gasteiger partial charge on any atom is -0.491 e. The van der Waals surface area contributed by atoms with Crippen LogP contribution in [0.1, 0.15) is 33.0 Å². The van der Waals surface area contributed by atoms with Crippen molar-refractivity contribution in [3.05, 3.63) is 24.0 Å². The number of aromatic nitrogens is 2. The quantitative estimate of drug-likeness (QED) is 0.726. The molecule has 0 N–H and O–H groups in total. The summed E-state index contributed by atoms with van der Waals surface area (Å²) in [5, 5.41) is 0. The average Bonchev–Trinajstić information content (AvgIpc) is 2.83. The summed E-state index contributed by atoms with van der Waals surface area (Å²) in [5.74, 6) is 2.01. The number of nitrogens with zero attached hydrogens (tertiary/aromatic N) is 2. The highest BCUT2D eigenvalue weighted by molar-refractivity contribution is 6.16. The lowest BCUT2D eigenvalue weighted by Crippen LogP contribution is -2.29. The van der Waals surface area contributed by atoms with Gasteiger partial charge in [0.15, 0.2) is 0 Å². The third-order valence-electron chi connectivity index (χ3n) is 3.49. The highest BCUT2D eigenvalue weighted by Gasteiger charge is 2.22. The molecular weight excluding hydrogens is 288 g/mol. The van der Waals surface area contributed by atoms with Crippen molar-refractivity contribution in [2.24, 2.45) is 0 Å². The van der Waals surface area contributed by atoms with E-state index in [-0.39, 0.29) is 5.60 Å². The predicted octanol–water partition coefficient (Wildman–Crippen LogP) is 3.99. The highest BCUT2D eigenvalue weighted by atomic mass is 35.5. The van der Waals surface area contributed by atoms with E-state index in [0.717, 1.165) is 29.0 Å². The molecule has 4 nitrogen and oxygen atoms in total. The molecule has 1 aromatic heterocycles. The number of hydrogen-bond acceptors (Lipinski definition) is 3. The number of rotatable bonds is 7. The molecule has 0 unspecified atom stereocenters. The molecule has 0 aliphatic carbocycles. The van der Waals surface area contributed by atoms with Gasteiger partial charge in [-0.2, -0.15) is 0 Å². The fourth-order valence-corrected chi connectivity index (χ4v) is 2.43.